The molecule has 1 saturated heterocycles. The first kappa shape index (κ1) is 18.9. The van der Waals surface area contributed by atoms with E-state index in [2.05, 4.69) is 19.9 Å². The Balaban J connectivity index is 1.21. The number of hydrogen-bond acceptors (Lipinski definition) is 6. The Hall–Kier alpha value is -2.41. The number of ether oxygens (including phenoxy) is 1. The van der Waals surface area contributed by atoms with Crippen LogP contribution in [0.1, 0.15) is 5.89 Å². The molecular weight excluding hydrogens is 376 g/mol. The van der Waals surface area contributed by atoms with Gasteiger partial charge < -0.3 is 9.26 Å². The van der Waals surface area contributed by atoms with Crippen molar-refractivity contribution in [2.45, 2.75) is 6.54 Å². The van der Waals surface area contributed by atoms with Gasteiger partial charge in [0.15, 0.2) is 0 Å². The van der Waals surface area contributed by atoms with Gasteiger partial charge >= 0.3 is 0 Å². The number of aromatic nitrogens is 2. The summed E-state index contributed by atoms with van der Waals surface area (Å²) in [5.41, 5.74) is 0.905. The Morgan fingerprint density at radius 1 is 0.929 bits per heavy atom. The zero-order valence-electron chi connectivity index (χ0n) is 15.6. The van der Waals surface area contributed by atoms with Gasteiger partial charge in [0.05, 0.1) is 6.54 Å². The number of rotatable bonds is 7. The molecule has 0 N–H and O–H groups in total. The second-order valence-corrected chi connectivity index (χ2v) is 7.23. The lowest BCUT2D eigenvalue weighted by Crippen LogP contribution is -2.47. The van der Waals surface area contributed by atoms with Crippen LogP contribution in [0.2, 0.25) is 5.02 Å². The molecule has 28 heavy (non-hydrogen) atoms. The van der Waals surface area contributed by atoms with Gasteiger partial charge in [-0.05, 0) is 36.4 Å². The summed E-state index contributed by atoms with van der Waals surface area (Å²) in [4.78, 5) is 9.27. The maximum atomic E-state index is 5.93. The molecule has 3 aromatic rings. The fraction of sp³-hybridized carbons (Fsp3) is 0.333. The van der Waals surface area contributed by atoms with E-state index in [0.717, 1.165) is 44.0 Å². The van der Waals surface area contributed by atoms with Crippen LogP contribution in [-0.4, -0.2) is 59.3 Å². The lowest BCUT2D eigenvalue weighted by Gasteiger charge is -2.33. The smallest absolute Gasteiger partial charge is 0.241 e. The molecule has 0 radical (unpaired) electrons. The molecule has 0 saturated carbocycles. The van der Waals surface area contributed by atoms with Gasteiger partial charge in [0.2, 0.25) is 11.7 Å². The van der Waals surface area contributed by atoms with Gasteiger partial charge in [-0.3, -0.25) is 9.80 Å². The second kappa shape index (κ2) is 9.19. The summed E-state index contributed by atoms with van der Waals surface area (Å²) in [5.74, 6) is 2.17. The van der Waals surface area contributed by atoms with Gasteiger partial charge in [-0.15, -0.1) is 0 Å². The molecule has 0 amide bonds. The maximum absolute atomic E-state index is 5.93. The maximum Gasteiger partial charge on any atom is 0.241 e. The molecule has 0 bridgehead atoms. The van der Waals surface area contributed by atoms with Gasteiger partial charge in [0, 0.05) is 43.3 Å². The zero-order chi connectivity index (χ0) is 19.2. The van der Waals surface area contributed by atoms with Crippen LogP contribution in [0.4, 0.5) is 0 Å². The van der Waals surface area contributed by atoms with E-state index < -0.39 is 0 Å². The van der Waals surface area contributed by atoms with Gasteiger partial charge in [-0.25, -0.2) is 0 Å². The van der Waals surface area contributed by atoms with Gasteiger partial charge in [0.25, 0.3) is 0 Å². The van der Waals surface area contributed by atoms with Gasteiger partial charge in [0.1, 0.15) is 12.4 Å². The van der Waals surface area contributed by atoms with Crippen molar-refractivity contribution in [3.05, 3.63) is 65.5 Å². The minimum absolute atomic E-state index is 0.600. The Bertz CT molecular complexity index is 862. The molecular formula is C21H23ClN4O2. The van der Waals surface area contributed by atoms with Crippen LogP contribution in [-0.2, 0) is 6.54 Å². The van der Waals surface area contributed by atoms with Crippen molar-refractivity contribution in [3.63, 3.8) is 0 Å². The van der Waals surface area contributed by atoms with Crippen molar-refractivity contribution in [1.29, 1.82) is 0 Å². The summed E-state index contributed by atoms with van der Waals surface area (Å²) in [7, 11) is 0. The van der Waals surface area contributed by atoms with Crippen LogP contribution < -0.4 is 4.74 Å². The van der Waals surface area contributed by atoms with Crippen LogP contribution in [0.3, 0.4) is 0 Å². The van der Waals surface area contributed by atoms with Crippen molar-refractivity contribution in [2.24, 2.45) is 0 Å². The molecule has 1 aliphatic rings. The quantitative estimate of drug-likeness (QED) is 0.606. The molecule has 146 valence electrons. The normalized spacial score (nSPS) is 15.6. The number of para-hydroxylation sites is 1. The fourth-order valence-electron chi connectivity index (χ4n) is 3.21. The molecule has 0 spiro atoms. The zero-order valence-corrected chi connectivity index (χ0v) is 16.4. The molecule has 1 aliphatic heterocycles. The Morgan fingerprint density at radius 3 is 2.39 bits per heavy atom. The van der Waals surface area contributed by atoms with E-state index in [9.17, 15) is 0 Å². The highest BCUT2D eigenvalue weighted by molar-refractivity contribution is 6.30. The number of benzene rings is 2. The summed E-state index contributed by atoms with van der Waals surface area (Å²) in [6.07, 6.45) is 0. The second-order valence-electron chi connectivity index (χ2n) is 6.80. The number of nitrogens with zero attached hydrogens (tertiary/aromatic N) is 4. The van der Waals surface area contributed by atoms with Crippen molar-refractivity contribution >= 4 is 11.6 Å². The third-order valence-corrected chi connectivity index (χ3v) is 5.07. The largest absolute Gasteiger partial charge is 0.492 e. The molecule has 6 nitrogen and oxygen atoms in total. The minimum Gasteiger partial charge on any atom is -0.492 e. The third kappa shape index (κ3) is 5.10. The number of hydrogen-bond donors (Lipinski definition) is 0. The topological polar surface area (TPSA) is 54.6 Å². The molecule has 2 aromatic carbocycles. The summed E-state index contributed by atoms with van der Waals surface area (Å²) < 4.78 is 11.2. The predicted molar refractivity (Wildman–Crippen MR) is 108 cm³/mol. The minimum atomic E-state index is 0.600. The lowest BCUT2D eigenvalue weighted by molar-refractivity contribution is 0.104. The molecule has 0 unspecified atom stereocenters. The summed E-state index contributed by atoms with van der Waals surface area (Å²) in [6, 6.07) is 17.4. The van der Waals surface area contributed by atoms with Crippen molar-refractivity contribution in [2.75, 3.05) is 39.3 Å². The molecule has 2 heterocycles. The lowest BCUT2D eigenvalue weighted by atomic mass is 10.2. The Morgan fingerprint density at radius 2 is 1.64 bits per heavy atom. The van der Waals surface area contributed by atoms with E-state index in [1.165, 1.54) is 0 Å². The summed E-state index contributed by atoms with van der Waals surface area (Å²) in [5, 5.41) is 4.78. The summed E-state index contributed by atoms with van der Waals surface area (Å²) in [6.45, 7) is 6.29. The molecule has 1 aromatic heterocycles. The van der Waals surface area contributed by atoms with Crippen LogP contribution in [0.5, 0.6) is 5.75 Å². The van der Waals surface area contributed by atoms with E-state index in [0.29, 0.717) is 29.9 Å². The summed E-state index contributed by atoms with van der Waals surface area (Å²) >= 11 is 5.93. The van der Waals surface area contributed by atoms with Crippen LogP contribution in [0.15, 0.2) is 59.1 Å². The SMILES string of the molecule is Clc1ccc(-c2noc(CN3CCN(CCOc4ccccc4)CC3)n2)cc1. The highest BCUT2D eigenvalue weighted by Crippen LogP contribution is 2.19. The number of piperazine rings is 1. The molecule has 0 aliphatic carbocycles. The molecule has 1 fully saturated rings. The van der Waals surface area contributed by atoms with Crippen LogP contribution >= 0.6 is 11.6 Å². The standard InChI is InChI=1S/C21H23ClN4O2/c22-18-8-6-17(7-9-18)21-23-20(28-24-21)16-26-12-10-25(11-13-26)14-15-27-19-4-2-1-3-5-19/h1-9H,10-16H2. The van der Waals surface area contributed by atoms with E-state index in [1.807, 2.05) is 54.6 Å². The van der Waals surface area contributed by atoms with E-state index in [-0.39, 0.29) is 0 Å². The first-order chi connectivity index (χ1) is 13.8. The van der Waals surface area contributed by atoms with Crippen molar-refractivity contribution < 1.29 is 9.26 Å². The first-order valence-electron chi connectivity index (χ1n) is 9.47. The molecule has 7 heteroatoms. The van der Waals surface area contributed by atoms with Gasteiger partial charge in [-0.1, -0.05) is 35.0 Å². The molecule has 0 atom stereocenters. The Labute approximate surface area is 169 Å². The Kier molecular flexibility index (Phi) is 6.21. The van der Waals surface area contributed by atoms with Crippen molar-refractivity contribution in [1.82, 2.24) is 19.9 Å². The fourth-order valence-corrected chi connectivity index (χ4v) is 3.33. The van der Waals surface area contributed by atoms with E-state index in [4.69, 9.17) is 20.9 Å². The first-order valence-corrected chi connectivity index (χ1v) is 9.85. The third-order valence-electron chi connectivity index (χ3n) is 4.81. The molecule has 4 rings (SSSR count). The van der Waals surface area contributed by atoms with Gasteiger partial charge in [-0.2, -0.15) is 4.98 Å². The van der Waals surface area contributed by atoms with Crippen LogP contribution in [0, 0.1) is 0 Å². The van der Waals surface area contributed by atoms with E-state index in [1.54, 1.807) is 0 Å². The number of halogens is 1. The average molecular weight is 399 g/mol. The highest BCUT2D eigenvalue weighted by atomic mass is 35.5. The van der Waals surface area contributed by atoms with Crippen LogP contribution in [0.25, 0.3) is 11.4 Å². The predicted octanol–water partition coefficient (Wildman–Crippen LogP) is 3.59. The highest BCUT2D eigenvalue weighted by Gasteiger charge is 2.19. The average Bonchev–Trinajstić information content (AvgIpc) is 3.19. The monoisotopic (exact) mass is 398 g/mol. The van der Waals surface area contributed by atoms with E-state index >= 15 is 0 Å². The van der Waals surface area contributed by atoms with Crippen molar-refractivity contribution in [3.8, 4) is 17.1 Å².